The van der Waals surface area contributed by atoms with Gasteiger partial charge in [-0.2, -0.15) is 9.79 Å². The molecule has 3 rings (SSSR count). The maximum absolute atomic E-state index is 6.13. The van der Waals surface area contributed by atoms with Crippen LogP contribution in [-0.4, -0.2) is 124 Å². The first-order chi connectivity index (χ1) is 22.3. The van der Waals surface area contributed by atoms with E-state index < -0.39 is 0 Å². The van der Waals surface area contributed by atoms with Gasteiger partial charge in [0.1, 0.15) is 0 Å². The van der Waals surface area contributed by atoms with Crippen LogP contribution in [0, 0.1) is 0 Å². The Kier molecular flexibility index (Phi) is 22.5. The first-order valence-electron chi connectivity index (χ1n) is 17.4. The van der Waals surface area contributed by atoms with Gasteiger partial charge in [-0.25, -0.2) is 0 Å². The summed E-state index contributed by atoms with van der Waals surface area (Å²) < 4.78 is 0. The van der Waals surface area contributed by atoms with Gasteiger partial charge in [-0.1, -0.05) is 88.1 Å². The Bertz CT molecular complexity index is 1110. The van der Waals surface area contributed by atoms with E-state index in [1.54, 1.807) is 0 Å². The van der Waals surface area contributed by atoms with Crippen LogP contribution in [0.5, 0.6) is 0 Å². The summed E-state index contributed by atoms with van der Waals surface area (Å²) in [6.45, 7) is 25.4. The fourth-order valence-corrected chi connectivity index (χ4v) is 6.41. The number of nitrogens with two attached hydrogens (primary N) is 2. The van der Waals surface area contributed by atoms with Crippen LogP contribution in [0.4, 0.5) is 0 Å². The number of hydrazine groups is 1. The second-order valence-corrected chi connectivity index (χ2v) is 17.1. The molecular weight excluding hydrogens is 750 g/mol. The van der Waals surface area contributed by atoms with Crippen LogP contribution >= 0.6 is 0 Å². The van der Waals surface area contributed by atoms with E-state index in [-0.39, 0.29) is 43.8 Å². The average molecular weight is 819 g/mol. The summed E-state index contributed by atoms with van der Waals surface area (Å²) in [5, 5.41) is 0. The van der Waals surface area contributed by atoms with Crippen LogP contribution in [0.15, 0.2) is 34.1 Å². The molecule has 1 aliphatic heterocycles. The minimum absolute atomic E-state index is 0. The van der Waals surface area contributed by atoms with Crippen molar-refractivity contribution in [3.63, 3.8) is 0 Å². The number of likely N-dealkylation sites (N-methyl/N-ethyl adjacent to an activating group) is 6. The Hall–Kier alpha value is -0.453. The van der Waals surface area contributed by atoms with Crippen molar-refractivity contribution >= 4 is 25.3 Å². The van der Waals surface area contributed by atoms with Gasteiger partial charge in [-0.15, -0.1) is 0 Å². The summed E-state index contributed by atoms with van der Waals surface area (Å²) in [6.07, 6.45) is 0. The van der Waals surface area contributed by atoms with E-state index in [4.69, 9.17) is 25.3 Å². The van der Waals surface area contributed by atoms with E-state index in [9.17, 15) is 0 Å². The number of rotatable bonds is 0. The van der Waals surface area contributed by atoms with Crippen LogP contribution in [-0.2, 0) is 95.2 Å². The maximum Gasteiger partial charge on any atom is 0.0216 e. The monoisotopic (exact) mass is 816 g/mol. The Morgan fingerprint density at radius 1 is 0.420 bits per heavy atom. The second-order valence-electron chi connectivity index (χ2n) is 16.3. The topological polar surface area (TPSA) is 71.5 Å². The maximum atomic E-state index is 6.13. The van der Waals surface area contributed by atoms with Crippen LogP contribution < -0.4 is 11.7 Å². The van der Waals surface area contributed by atoms with Gasteiger partial charge in [0.15, 0.2) is 0 Å². The molecule has 0 unspecified atom stereocenters. The van der Waals surface area contributed by atoms with Gasteiger partial charge in [-0.05, 0) is 64.2 Å². The third kappa shape index (κ3) is 16.3. The molecule has 0 saturated heterocycles. The summed E-state index contributed by atoms with van der Waals surface area (Å²) in [7, 11) is 13.4. The number of hydrogen-bond acceptors (Lipinski definition) is 10. The molecule has 0 aliphatic carbocycles. The molecule has 0 amide bonds. The van der Waals surface area contributed by atoms with Crippen molar-refractivity contribution in [2.45, 2.75) is 88.3 Å². The number of hydrogen-bond donors (Lipinski definition) is 2. The van der Waals surface area contributed by atoms with E-state index >= 15 is 0 Å². The molecule has 0 aromatic heterocycles. The molecule has 0 saturated carbocycles. The van der Waals surface area contributed by atoms with Gasteiger partial charge in [0.05, 0.1) is 0 Å². The normalized spacial score (nSPS) is 18.6. The largest absolute Gasteiger partial charge is 0.779 e. The van der Waals surface area contributed by atoms with Gasteiger partial charge < -0.3 is 54.7 Å². The number of nitrogens with zero attached hydrogens (tertiary/aromatic N) is 6. The van der Waals surface area contributed by atoms with E-state index in [1.165, 1.54) is 33.4 Å². The zero-order valence-electron chi connectivity index (χ0n) is 33.1. The van der Waals surface area contributed by atoms with Gasteiger partial charge in [-0.3, -0.25) is 11.7 Å². The fourth-order valence-electron chi connectivity index (χ4n) is 5.91. The molecule has 294 valence electrons. The Labute approximate surface area is 338 Å². The molecule has 4 bridgehead atoms. The summed E-state index contributed by atoms with van der Waals surface area (Å²) >= 11 is 12.3. The van der Waals surface area contributed by atoms with Gasteiger partial charge >= 0.3 is 0 Å². The van der Waals surface area contributed by atoms with Crippen molar-refractivity contribution in [1.29, 1.82) is 0 Å². The molecule has 1 aliphatic rings. The Morgan fingerprint density at radius 2 is 0.600 bits per heavy atom. The summed E-state index contributed by atoms with van der Waals surface area (Å²) in [6, 6.07) is 9.46. The Morgan fingerprint density at radius 3 is 0.780 bits per heavy atom. The Balaban J connectivity index is 0.00000589. The second kappa shape index (κ2) is 22.7. The first-order valence-corrected chi connectivity index (χ1v) is 18.3. The zero-order chi connectivity index (χ0) is 36.4. The third-order valence-electron chi connectivity index (χ3n) is 9.43. The van der Waals surface area contributed by atoms with Crippen LogP contribution in [0.3, 0.4) is 0 Å². The van der Waals surface area contributed by atoms with E-state index in [1.807, 2.05) is 0 Å². The summed E-state index contributed by atoms with van der Waals surface area (Å²) in [4.78, 5) is 16.7. The molecule has 0 radical (unpaired) electrons. The average Bonchev–Trinajstić information content (AvgIpc) is 3.00. The SMILES string of the molecule is CN1CCN(C)Cc2cc(C(C)(C)C)cc(c2[S-])CN(C)CCN(C)CCN(C)Cc2cc(C(C)(C)C)cc(c2[S-])CN(C)CC1.NN.[Ni].[Ni]. The van der Waals surface area contributed by atoms with Gasteiger partial charge in [0.25, 0.3) is 0 Å². The van der Waals surface area contributed by atoms with Gasteiger partial charge in [0, 0.05) is 112 Å². The quantitative estimate of drug-likeness (QED) is 0.175. The predicted molar refractivity (Wildman–Crippen MR) is 210 cm³/mol. The fraction of sp³-hybridized carbons (Fsp3) is 0.684. The molecule has 2 aromatic rings. The predicted octanol–water partition coefficient (Wildman–Crippen LogP) is 4.21. The summed E-state index contributed by atoms with van der Waals surface area (Å²) in [5.41, 5.74) is 8.01. The zero-order valence-corrected chi connectivity index (χ0v) is 36.7. The van der Waals surface area contributed by atoms with E-state index in [2.05, 4.69) is 149 Å². The number of benzene rings is 2. The minimum Gasteiger partial charge on any atom is -0.779 e. The molecule has 4 N–H and O–H groups in total. The van der Waals surface area contributed by atoms with Crippen molar-refractivity contribution in [1.82, 2.24) is 29.4 Å². The smallest absolute Gasteiger partial charge is 0.0216 e. The molecule has 0 spiro atoms. The first kappa shape index (κ1) is 49.5. The van der Waals surface area contributed by atoms with E-state index in [0.717, 1.165) is 88.3 Å². The van der Waals surface area contributed by atoms with E-state index in [0.29, 0.717) is 0 Å². The summed E-state index contributed by atoms with van der Waals surface area (Å²) in [5.74, 6) is 8.00. The molecule has 0 fully saturated rings. The standard InChI is InChI=1S/C38H66N6S2.H4N2.2Ni/c1-37(2,3)33-21-29-25-41(9)17-13-39(7)15-19-43(11)27-31-23-34(38(4,5)6)24-32(36(31)46)28-44(12)20-16-40(8)14-18-42(10)26-30(22-33)35(29)45;1-2;;/h21-24,45-46H,13-20,25-28H2,1-12H3;1-2H2;;/p-2. The van der Waals surface area contributed by atoms with Gasteiger partial charge in [0.2, 0.25) is 0 Å². The molecule has 1 heterocycles. The van der Waals surface area contributed by atoms with Crippen LogP contribution in [0.25, 0.3) is 0 Å². The van der Waals surface area contributed by atoms with Crippen molar-refractivity contribution in [3.8, 4) is 0 Å². The van der Waals surface area contributed by atoms with Crippen molar-refractivity contribution < 1.29 is 33.0 Å². The minimum atomic E-state index is 0. The molecule has 8 nitrogen and oxygen atoms in total. The molecule has 2 aromatic carbocycles. The molecule has 0 atom stereocenters. The van der Waals surface area contributed by atoms with Crippen molar-refractivity contribution in [2.24, 2.45) is 11.7 Å². The molecule has 12 heteroatoms. The van der Waals surface area contributed by atoms with Crippen molar-refractivity contribution in [2.75, 3.05) is 94.6 Å². The molecular formula is C38H68N8Ni2S2-2. The molecule has 50 heavy (non-hydrogen) atoms. The van der Waals surface area contributed by atoms with Crippen LogP contribution in [0.1, 0.15) is 74.9 Å². The number of fused-ring (bicyclic) bond motifs is 4. The van der Waals surface area contributed by atoms with Crippen LogP contribution in [0.2, 0.25) is 0 Å². The van der Waals surface area contributed by atoms with Crippen molar-refractivity contribution in [3.05, 3.63) is 57.6 Å². The third-order valence-corrected chi connectivity index (χ3v) is 10.5.